The molecule has 1 aliphatic rings. The summed E-state index contributed by atoms with van der Waals surface area (Å²) < 4.78 is 10.9. The van der Waals surface area contributed by atoms with Crippen molar-refractivity contribution in [2.75, 3.05) is 19.1 Å². The number of benzene rings is 3. The minimum Gasteiger partial charge on any atom is -0.493 e. The topological polar surface area (TPSA) is 81.9 Å². The van der Waals surface area contributed by atoms with E-state index in [1.165, 1.54) is 12.1 Å². The second-order valence-corrected chi connectivity index (χ2v) is 7.51. The molecule has 1 unspecified atom stereocenters. The van der Waals surface area contributed by atoms with Gasteiger partial charge in [-0.15, -0.1) is 0 Å². The van der Waals surface area contributed by atoms with Crippen LogP contribution in [0.15, 0.2) is 60.7 Å². The molecule has 158 valence electrons. The molecular weight excluding hydrogens is 420 g/mol. The first-order valence-electron chi connectivity index (χ1n) is 9.49. The van der Waals surface area contributed by atoms with Crippen LogP contribution in [0, 0.1) is 10.1 Å². The van der Waals surface area contributed by atoms with Gasteiger partial charge in [0.2, 0.25) is 5.91 Å². The summed E-state index contributed by atoms with van der Waals surface area (Å²) in [6.07, 6.45) is 0.163. The molecule has 0 N–H and O–H groups in total. The molecule has 3 aromatic carbocycles. The Kier molecular flexibility index (Phi) is 5.52. The molecule has 4 rings (SSSR count). The van der Waals surface area contributed by atoms with E-state index in [2.05, 4.69) is 0 Å². The van der Waals surface area contributed by atoms with E-state index in [0.717, 1.165) is 16.7 Å². The average molecular weight is 439 g/mol. The lowest BCUT2D eigenvalue weighted by Crippen LogP contribution is -2.41. The van der Waals surface area contributed by atoms with Crippen molar-refractivity contribution in [2.45, 2.75) is 12.5 Å². The molecule has 0 aliphatic carbocycles. The van der Waals surface area contributed by atoms with Gasteiger partial charge in [-0.2, -0.15) is 0 Å². The lowest BCUT2D eigenvalue weighted by Gasteiger charge is -2.38. The lowest BCUT2D eigenvalue weighted by molar-refractivity contribution is -0.384. The molecule has 0 spiro atoms. The molecule has 0 saturated heterocycles. The number of halogens is 1. The van der Waals surface area contributed by atoms with Gasteiger partial charge >= 0.3 is 0 Å². The van der Waals surface area contributed by atoms with E-state index >= 15 is 0 Å². The molecule has 1 heterocycles. The Morgan fingerprint density at radius 3 is 2.19 bits per heavy atom. The zero-order valence-corrected chi connectivity index (χ0v) is 17.6. The number of rotatable bonds is 5. The normalized spacial score (nSPS) is 15.4. The number of carbonyl (C=O) groups is 1. The molecule has 0 aromatic heterocycles. The second-order valence-electron chi connectivity index (χ2n) is 7.07. The predicted octanol–water partition coefficient (Wildman–Crippen LogP) is 4.94. The maximum Gasteiger partial charge on any atom is 0.269 e. The number of methoxy groups -OCH3 is 2. The van der Waals surface area contributed by atoms with Gasteiger partial charge in [0.1, 0.15) is 0 Å². The van der Waals surface area contributed by atoms with Crippen molar-refractivity contribution in [3.8, 4) is 11.5 Å². The third kappa shape index (κ3) is 3.80. The number of nitro groups is 1. The van der Waals surface area contributed by atoms with Crippen LogP contribution in [0.2, 0.25) is 5.02 Å². The predicted molar refractivity (Wildman–Crippen MR) is 117 cm³/mol. The Labute approximate surface area is 183 Å². The van der Waals surface area contributed by atoms with Gasteiger partial charge in [-0.3, -0.25) is 14.9 Å². The third-order valence-electron chi connectivity index (χ3n) is 5.33. The van der Waals surface area contributed by atoms with Crippen LogP contribution in [0.1, 0.15) is 22.7 Å². The van der Waals surface area contributed by atoms with Gasteiger partial charge in [-0.05, 0) is 53.1 Å². The smallest absolute Gasteiger partial charge is 0.269 e. The SMILES string of the molecule is COc1cc2c(cc1OC)C(c1ccc(Cl)cc1)N(c1ccc([N+](=O)[O-])cc1)C(=O)C2. The van der Waals surface area contributed by atoms with Crippen LogP contribution in [0.3, 0.4) is 0 Å². The molecular formula is C23H19ClN2O5. The quantitative estimate of drug-likeness (QED) is 0.416. The van der Waals surface area contributed by atoms with Crippen LogP contribution in [0.25, 0.3) is 0 Å². The number of hydrogen-bond acceptors (Lipinski definition) is 5. The Balaban J connectivity index is 1.91. The van der Waals surface area contributed by atoms with Gasteiger partial charge in [-0.1, -0.05) is 23.7 Å². The Morgan fingerprint density at radius 1 is 1.00 bits per heavy atom. The third-order valence-corrected chi connectivity index (χ3v) is 5.58. The highest BCUT2D eigenvalue weighted by Crippen LogP contribution is 2.43. The number of fused-ring (bicyclic) bond motifs is 1. The molecule has 0 bridgehead atoms. The largest absolute Gasteiger partial charge is 0.493 e. The van der Waals surface area contributed by atoms with Gasteiger partial charge in [0.25, 0.3) is 5.69 Å². The number of hydrogen-bond donors (Lipinski definition) is 0. The molecule has 0 saturated carbocycles. The molecule has 0 radical (unpaired) electrons. The van der Waals surface area contributed by atoms with Crippen LogP contribution < -0.4 is 14.4 Å². The van der Waals surface area contributed by atoms with Crippen molar-refractivity contribution in [3.63, 3.8) is 0 Å². The molecule has 7 nitrogen and oxygen atoms in total. The number of carbonyl (C=O) groups excluding carboxylic acids is 1. The van der Waals surface area contributed by atoms with Gasteiger partial charge in [0.15, 0.2) is 11.5 Å². The summed E-state index contributed by atoms with van der Waals surface area (Å²) in [6.45, 7) is 0. The van der Waals surface area contributed by atoms with Crippen molar-refractivity contribution < 1.29 is 19.2 Å². The van der Waals surface area contributed by atoms with Crippen LogP contribution >= 0.6 is 11.6 Å². The van der Waals surface area contributed by atoms with Gasteiger partial charge in [-0.25, -0.2) is 0 Å². The van der Waals surface area contributed by atoms with E-state index in [1.54, 1.807) is 43.4 Å². The molecule has 3 aromatic rings. The summed E-state index contributed by atoms with van der Waals surface area (Å²) in [5, 5.41) is 11.6. The number of nitrogens with zero attached hydrogens (tertiary/aromatic N) is 2. The molecule has 1 aliphatic heterocycles. The van der Waals surface area contributed by atoms with Crippen molar-refractivity contribution in [1.29, 1.82) is 0 Å². The zero-order chi connectivity index (χ0) is 22.1. The fourth-order valence-corrected chi connectivity index (χ4v) is 4.00. The summed E-state index contributed by atoms with van der Waals surface area (Å²) in [5.74, 6) is 0.972. The maximum absolute atomic E-state index is 13.3. The summed E-state index contributed by atoms with van der Waals surface area (Å²) in [5.41, 5.74) is 3.10. The monoisotopic (exact) mass is 438 g/mol. The summed E-state index contributed by atoms with van der Waals surface area (Å²) >= 11 is 6.09. The molecule has 0 fully saturated rings. The van der Waals surface area contributed by atoms with Crippen LogP contribution in [0.4, 0.5) is 11.4 Å². The van der Waals surface area contributed by atoms with Crippen LogP contribution in [-0.4, -0.2) is 25.1 Å². The summed E-state index contributed by atoms with van der Waals surface area (Å²) in [4.78, 5) is 25.5. The standard InChI is InChI=1S/C23H19ClN2O5/c1-30-20-11-15-12-22(27)25(17-7-9-18(10-8-17)26(28)29)23(19(15)13-21(20)31-2)14-3-5-16(24)6-4-14/h3-11,13,23H,12H2,1-2H3. The lowest BCUT2D eigenvalue weighted by atomic mass is 9.87. The number of anilines is 1. The zero-order valence-electron chi connectivity index (χ0n) is 16.9. The summed E-state index contributed by atoms with van der Waals surface area (Å²) in [7, 11) is 3.11. The molecule has 1 amide bonds. The highest BCUT2D eigenvalue weighted by atomic mass is 35.5. The molecule has 1 atom stereocenters. The van der Waals surface area contributed by atoms with E-state index in [-0.39, 0.29) is 18.0 Å². The van der Waals surface area contributed by atoms with E-state index in [4.69, 9.17) is 21.1 Å². The van der Waals surface area contributed by atoms with Crippen molar-refractivity contribution >= 4 is 28.9 Å². The first-order valence-corrected chi connectivity index (χ1v) is 9.87. The average Bonchev–Trinajstić information content (AvgIpc) is 2.78. The first kappa shape index (κ1) is 20.7. The number of nitro benzene ring substituents is 1. The van der Waals surface area contributed by atoms with Gasteiger partial charge in [0.05, 0.1) is 31.6 Å². The Hall–Kier alpha value is -3.58. The minimum absolute atomic E-state index is 0.0388. The molecule has 8 heteroatoms. The number of ether oxygens (including phenoxy) is 2. The van der Waals surface area contributed by atoms with Gasteiger partial charge in [0, 0.05) is 22.8 Å². The van der Waals surface area contributed by atoms with Crippen LogP contribution in [-0.2, 0) is 11.2 Å². The maximum atomic E-state index is 13.3. The second kappa shape index (κ2) is 8.28. The van der Waals surface area contributed by atoms with Crippen LogP contribution in [0.5, 0.6) is 11.5 Å². The Morgan fingerprint density at radius 2 is 1.61 bits per heavy atom. The van der Waals surface area contributed by atoms with Crippen molar-refractivity contribution in [3.05, 3.63) is 92.5 Å². The van der Waals surface area contributed by atoms with E-state index in [1.807, 2.05) is 24.3 Å². The van der Waals surface area contributed by atoms with Crippen molar-refractivity contribution in [1.82, 2.24) is 0 Å². The Bertz CT molecular complexity index is 1150. The first-order chi connectivity index (χ1) is 14.9. The fourth-order valence-electron chi connectivity index (χ4n) is 3.88. The van der Waals surface area contributed by atoms with E-state index in [0.29, 0.717) is 22.2 Å². The van der Waals surface area contributed by atoms with E-state index in [9.17, 15) is 14.9 Å². The number of non-ortho nitro benzene ring substituents is 1. The minimum atomic E-state index is -0.467. The highest BCUT2D eigenvalue weighted by Gasteiger charge is 2.36. The summed E-state index contributed by atoms with van der Waals surface area (Å²) in [6, 6.07) is 16.5. The van der Waals surface area contributed by atoms with Gasteiger partial charge < -0.3 is 14.4 Å². The highest BCUT2D eigenvalue weighted by molar-refractivity contribution is 6.30. The number of amides is 1. The van der Waals surface area contributed by atoms with E-state index < -0.39 is 11.0 Å². The van der Waals surface area contributed by atoms with Crippen molar-refractivity contribution in [2.24, 2.45) is 0 Å². The molecule has 31 heavy (non-hydrogen) atoms. The fraction of sp³-hybridized carbons (Fsp3) is 0.174.